The molecule has 0 fully saturated rings. The lowest BCUT2D eigenvalue weighted by atomic mass is 9.92. The second-order valence-electron chi connectivity index (χ2n) is 6.74. The van der Waals surface area contributed by atoms with Gasteiger partial charge in [-0.3, -0.25) is 4.79 Å². The zero-order valence-electron chi connectivity index (χ0n) is 15.2. The summed E-state index contributed by atoms with van der Waals surface area (Å²) in [6.07, 6.45) is 4.30. The van der Waals surface area contributed by atoms with Gasteiger partial charge in [-0.05, 0) is 68.4 Å². The van der Waals surface area contributed by atoms with Crippen LogP contribution in [-0.4, -0.2) is 23.5 Å². The third-order valence-electron chi connectivity index (χ3n) is 4.89. The van der Waals surface area contributed by atoms with Gasteiger partial charge in [0.05, 0.1) is 0 Å². The molecule has 0 bridgehead atoms. The maximum Gasteiger partial charge on any atom is 0.263 e. The topological polar surface area (TPSA) is 29.5 Å². The monoisotopic (exact) mass is 337 g/mol. The molecule has 1 amide bonds. The van der Waals surface area contributed by atoms with E-state index in [1.54, 1.807) is 0 Å². The third kappa shape index (κ3) is 4.41. The van der Waals surface area contributed by atoms with E-state index in [2.05, 4.69) is 12.1 Å². The van der Waals surface area contributed by atoms with E-state index in [4.69, 9.17) is 4.74 Å². The van der Waals surface area contributed by atoms with Crippen molar-refractivity contribution in [1.29, 1.82) is 0 Å². The number of fused-ring (bicyclic) bond motifs is 1. The van der Waals surface area contributed by atoms with Gasteiger partial charge in [0.2, 0.25) is 0 Å². The fourth-order valence-electron chi connectivity index (χ4n) is 3.44. The Labute approximate surface area is 150 Å². The number of benzene rings is 2. The normalized spacial score (nSPS) is 14.5. The lowest BCUT2D eigenvalue weighted by molar-refractivity contribution is -0.138. The largest absolute Gasteiger partial charge is 0.481 e. The first-order valence-electron chi connectivity index (χ1n) is 9.28. The van der Waals surface area contributed by atoms with E-state index >= 15 is 0 Å². The van der Waals surface area contributed by atoms with Crippen LogP contribution < -0.4 is 4.74 Å². The van der Waals surface area contributed by atoms with Gasteiger partial charge >= 0.3 is 0 Å². The van der Waals surface area contributed by atoms with Crippen molar-refractivity contribution in [2.24, 2.45) is 0 Å². The molecule has 0 aliphatic heterocycles. The van der Waals surface area contributed by atoms with Crippen LogP contribution in [0, 0.1) is 0 Å². The van der Waals surface area contributed by atoms with Crippen molar-refractivity contribution in [1.82, 2.24) is 4.90 Å². The average molecular weight is 337 g/mol. The number of likely N-dealkylation sites (N-methyl/N-ethyl adjacent to an activating group) is 1. The number of ether oxygens (including phenoxy) is 1. The summed E-state index contributed by atoms with van der Waals surface area (Å²) in [7, 11) is 0. The molecule has 1 unspecified atom stereocenters. The molecular weight excluding hydrogens is 310 g/mol. The molecule has 0 saturated heterocycles. The fourth-order valence-corrected chi connectivity index (χ4v) is 3.44. The molecule has 0 N–H and O–H groups in total. The van der Waals surface area contributed by atoms with Gasteiger partial charge in [0.1, 0.15) is 5.75 Å². The highest BCUT2D eigenvalue weighted by atomic mass is 16.5. The second kappa shape index (κ2) is 8.19. The molecule has 0 aromatic heterocycles. The van der Waals surface area contributed by atoms with Crippen molar-refractivity contribution < 1.29 is 9.53 Å². The highest BCUT2D eigenvalue weighted by molar-refractivity contribution is 5.80. The summed E-state index contributed by atoms with van der Waals surface area (Å²) < 4.78 is 5.97. The van der Waals surface area contributed by atoms with Crippen LogP contribution in [0.5, 0.6) is 5.75 Å². The minimum Gasteiger partial charge on any atom is -0.481 e. The molecule has 1 aliphatic carbocycles. The molecule has 2 aromatic carbocycles. The molecule has 1 atom stereocenters. The van der Waals surface area contributed by atoms with Gasteiger partial charge in [0, 0.05) is 13.1 Å². The quantitative estimate of drug-likeness (QED) is 0.783. The van der Waals surface area contributed by atoms with Crippen LogP contribution in [0.1, 0.15) is 43.4 Å². The summed E-state index contributed by atoms with van der Waals surface area (Å²) in [4.78, 5) is 14.6. The summed E-state index contributed by atoms with van der Waals surface area (Å²) >= 11 is 0. The van der Waals surface area contributed by atoms with Crippen molar-refractivity contribution in [3.05, 3.63) is 65.2 Å². The van der Waals surface area contributed by atoms with Crippen LogP contribution in [0.4, 0.5) is 0 Å². The molecule has 0 heterocycles. The van der Waals surface area contributed by atoms with Gasteiger partial charge in [-0.15, -0.1) is 0 Å². The molecule has 3 rings (SSSR count). The summed E-state index contributed by atoms with van der Waals surface area (Å²) in [5.41, 5.74) is 3.94. The number of amides is 1. The minimum atomic E-state index is -0.481. The van der Waals surface area contributed by atoms with Gasteiger partial charge in [0.25, 0.3) is 5.91 Å². The predicted octanol–water partition coefficient (Wildman–Crippen LogP) is 4.38. The van der Waals surface area contributed by atoms with Gasteiger partial charge in [-0.25, -0.2) is 0 Å². The first kappa shape index (κ1) is 17.5. The maximum absolute atomic E-state index is 12.8. The first-order valence-corrected chi connectivity index (χ1v) is 9.28. The number of aryl methyl sites for hydroxylation is 2. The lowest BCUT2D eigenvalue weighted by Gasteiger charge is -2.25. The van der Waals surface area contributed by atoms with E-state index < -0.39 is 6.10 Å². The van der Waals surface area contributed by atoms with Crippen LogP contribution >= 0.6 is 0 Å². The number of carbonyl (C=O) groups excluding carboxylic acids is 1. The molecule has 3 heteroatoms. The van der Waals surface area contributed by atoms with Gasteiger partial charge in [-0.2, -0.15) is 0 Å². The number of carbonyl (C=O) groups is 1. The highest BCUT2D eigenvalue weighted by Crippen LogP contribution is 2.26. The molecule has 25 heavy (non-hydrogen) atoms. The molecule has 0 radical (unpaired) electrons. The Kier molecular flexibility index (Phi) is 5.75. The van der Waals surface area contributed by atoms with E-state index in [1.165, 1.54) is 24.0 Å². The summed E-state index contributed by atoms with van der Waals surface area (Å²) in [5, 5.41) is 0. The summed E-state index contributed by atoms with van der Waals surface area (Å²) in [6, 6.07) is 16.4. The fraction of sp³-hybridized carbons (Fsp3) is 0.409. The predicted molar refractivity (Wildman–Crippen MR) is 101 cm³/mol. The zero-order valence-corrected chi connectivity index (χ0v) is 15.2. The van der Waals surface area contributed by atoms with Crippen molar-refractivity contribution in [2.75, 3.05) is 6.54 Å². The Morgan fingerprint density at radius 2 is 1.80 bits per heavy atom. The first-order chi connectivity index (χ1) is 12.2. The van der Waals surface area contributed by atoms with Crippen LogP contribution in [0.2, 0.25) is 0 Å². The minimum absolute atomic E-state index is 0.0315. The summed E-state index contributed by atoms with van der Waals surface area (Å²) in [6.45, 7) is 5.14. The number of hydrogen-bond acceptors (Lipinski definition) is 2. The van der Waals surface area contributed by atoms with Crippen LogP contribution in [0.15, 0.2) is 48.5 Å². The van der Waals surface area contributed by atoms with E-state index in [1.807, 2.05) is 55.1 Å². The number of rotatable bonds is 6. The average Bonchev–Trinajstić information content (AvgIpc) is 2.66. The second-order valence-corrected chi connectivity index (χ2v) is 6.74. The van der Waals surface area contributed by atoms with Crippen LogP contribution in [0.3, 0.4) is 0 Å². The zero-order chi connectivity index (χ0) is 17.6. The lowest BCUT2D eigenvalue weighted by Crippen LogP contribution is -2.40. The summed E-state index contributed by atoms with van der Waals surface area (Å²) in [5.74, 6) is 0.835. The Morgan fingerprint density at radius 1 is 1.08 bits per heavy atom. The molecule has 2 aromatic rings. The van der Waals surface area contributed by atoms with Crippen LogP contribution in [-0.2, 0) is 24.2 Å². The number of nitrogens with zero attached hydrogens (tertiary/aromatic N) is 1. The Hall–Kier alpha value is -2.29. The molecule has 1 aliphatic rings. The Morgan fingerprint density at radius 3 is 2.52 bits per heavy atom. The smallest absolute Gasteiger partial charge is 0.263 e. The highest BCUT2D eigenvalue weighted by Gasteiger charge is 2.21. The van der Waals surface area contributed by atoms with E-state index in [0.717, 1.165) is 24.2 Å². The standard InChI is InChI=1S/C22H27NO2/c1-3-23(16-18-9-5-4-6-10-18)22(24)17(2)25-21-14-13-19-11-7-8-12-20(19)15-21/h4-6,9-10,13-15,17H,3,7-8,11-12,16H2,1-2H3. The van der Waals surface area contributed by atoms with Crippen molar-refractivity contribution in [2.45, 2.75) is 52.2 Å². The van der Waals surface area contributed by atoms with E-state index in [-0.39, 0.29) is 5.91 Å². The molecular formula is C22H27NO2. The van der Waals surface area contributed by atoms with Crippen molar-refractivity contribution >= 4 is 5.91 Å². The maximum atomic E-state index is 12.8. The number of hydrogen-bond donors (Lipinski definition) is 0. The Bertz CT molecular complexity index is 711. The Balaban J connectivity index is 1.65. The molecule has 3 nitrogen and oxygen atoms in total. The molecule has 0 saturated carbocycles. The van der Waals surface area contributed by atoms with Crippen LogP contribution in [0.25, 0.3) is 0 Å². The molecule has 132 valence electrons. The van der Waals surface area contributed by atoms with E-state index in [0.29, 0.717) is 13.1 Å². The third-order valence-corrected chi connectivity index (χ3v) is 4.89. The van der Waals surface area contributed by atoms with Crippen molar-refractivity contribution in [3.63, 3.8) is 0 Å². The SMILES string of the molecule is CCN(Cc1ccccc1)C(=O)C(C)Oc1ccc2c(c1)CCCC2. The van der Waals surface area contributed by atoms with Gasteiger partial charge in [0.15, 0.2) is 6.10 Å². The molecule has 0 spiro atoms. The van der Waals surface area contributed by atoms with E-state index in [9.17, 15) is 4.79 Å². The van der Waals surface area contributed by atoms with Gasteiger partial charge < -0.3 is 9.64 Å². The van der Waals surface area contributed by atoms with Crippen molar-refractivity contribution in [3.8, 4) is 5.75 Å². The van der Waals surface area contributed by atoms with Gasteiger partial charge in [-0.1, -0.05) is 36.4 Å².